The molecule has 0 aliphatic carbocycles. The highest BCUT2D eigenvalue weighted by molar-refractivity contribution is 5.51. The van der Waals surface area contributed by atoms with Gasteiger partial charge in [-0.1, -0.05) is 6.07 Å². The number of hydrogen-bond acceptors (Lipinski definition) is 2. The Bertz CT molecular complexity index is 588. The van der Waals surface area contributed by atoms with Gasteiger partial charge in [-0.3, -0.25) is 0 Å². The molecular weight excluding hydrogens is 222 g/mol. The molecular formula is C16H19NO. The van der Waals surface area contributed by atoms with Gasteiger partial charge in [0.2, 0.25) is 0 Å². The first-order valence-electron chi connectivity index (χ1n) is 6.09. The first-order valence-corrected chi connectivity index (χ1v) is 6.09. The lowest BCUT2D eigenvalue weighted by molar-refractivity contribution is 0.478. The van der Waals surface area contributed by atoms with E-state index in [-0.39, 0.29) is 0 Å². The first-order chi connectivity index (χ1) is 8.47. The molecule has 2 N–H and O–H groups in total. The molecule has 0 spiro atoms. The lowest BCUT2D eigenvalue weighted by atomic mass is 10.1. The van der Waals surface area contributed by atoms with Gasteiger partial charge in [0.25, 0.3) is 0 Å². The van der Waals surface area contributed by atoms with Crippen molar-refractivity contribution in [3.8, 4) is 11.5 Å². The number of hydrogen-bond donors (Lipinski definition) is 1. The molecule has 0 amide bonds. The summed E-state index contributed by atoms with van der Waals surface area (Å²) in [7, 11) is 0. The molecule has 0 unspecified atom stereocenters. The molecule has 2 aromatic rings. The van der Waals surface area contributed by atoms with E-state index in [9.17, 15) is 0 Å². The third-order valence-electron chi connectivity index (χ3n) is 3.26. The number of rotatable bonds is 2. The average Bonchev–Trinajstić information content (AvgIpc) is 2.31. The molecule has 2 aromatic carbocycles. The molecule has 0 fully saturated rings. The zero-order valence-electron chi connectivity index (χ0n) is 11.4. The van der Waals surface area contributed by atoms with Gasteiger partial charge in [0.15, 0.2) is 0 Å². The Morgan fingerprint density at radius 3 is 2.11 bits per heavy atom. The predicted octanol–water partition coefficient (Wildman–Crippen LogP) is 4.29. The van der Waals surface area contributed by atoms with Crippen LogP contribution in [-0.2, 0) is 0 Å². The smallest absolute Gasteiger partial charge is 0.130 e. The highest BCUT2D eigenvalue weighted by Gasteiger charge is 2.05. The van der Waals surface area contributed by atoms with E-state index in [1.54, 1.807) is 0 Å². The van der Waals surface area contributed by atoms with Crippen LogP contribution in [0.3, 0.4) is 0 Å². The molecule has 0 aliphatic rings. The van der Waals surface area contributed by atoms with Crippen LogP contribution in [0.1, 0.15) is 22.3 Å². The van der Waals surface area contributed by atoms with Crippen LogP contribution in [0.15, 0.2) is 30.3 Å². The summed E-state index contributed by atoms with van der Waals surface area (Å²) in [6.45, 7) is 8.25. The number of nitrogen functional groups attached to an aromatic ring is 1. The lowest BCUT2D eigenvalue weighted by Crippen LogP contribution is -1.93. The minimum atomic E-state index is 0.791. The fourth-order valence-corrected chi connectivity index (χ4v) is 1.88. The van der Waals surface area contributed by atoms with Crippen molar-refractivity contribution in [1.82, 2.24) is 0 Å². The van der Waals surface area contributed by atoms with Gasteiger partial charge >= 0.3 is 0 Å². The van der Waals surface area contributed by atoms with Gasteiger partial charge in [0.05, 0.1) is 0 Å². The number of nitrogens with two attached hydrogens (primary N) is 1. The predicted molar refractivity (Wildman–Crippen MR) is 76.3 cm³/mol. The molecule has 0 saturated carbocycles. The maximum Gasteiger partial charge on any atom is 0.130 e. The van der Waals surface area contributed by atoms with E-state index in [0.717, 1.165) is 28.3 Å². The third kappa shape index (κ3) is 2.48. The van der Waals surface area contributed by atoms with Gasteiger partial charge in [0.1, 0.15) is 11.5 Å². The van der Waals surface area contributed by atoms with Gasteiger partial charge in [-0.15, -0.1) is 0 Å². The standard InChI is InChI=1S/C16H19NO/c1-10-7-13(4)16(9-11(10)2)18-14-5-6-15(17)12(3)8-14/h5-9H,17H2,1-4H3. The van der Waals surface area contributed by atoms with Crippen LogP contribution in [0, 0.1) is 27.7 Å². The Morgan fingerprint density at radius 1 is 0.778 bits per heavy atom. The molecule has 94 valence electrons. The van der Waals surface area contributed by atoms with Crippen molar-refractivity contribution in [1.29, 1.82) is 0 Å². The minimum Gasteiger partial charge on any atom is -0.457 e. The van der Waals surface area contributed by atoms with E-state index in [1.807, 2.05) is 25.1 Å². The average molecular weight is 241 g/mol. The van der Waals surface area contributed by atoms with E-state index in [1.165, 1.54) is 11.1 Å². The second-order valence-corrected chi connectivity index (χ2v) is 4.82. The van der Waals surface area contributed by atoms with Gasteiger partial charge < -0.3 is 10.5 Å². The monoisotopic (exact) mass is 241 g/mol. The number of aryl methyl sites for hydroxylation is 4. The second-order valence-electron chi connectivity index (χ2n) is 4.82. The van der Waals surface area contributed by atoms with Crippen LogP contribution in [0.5, 0.6) is 11.5 Å². The van der Waals surface area contributed by atoms with Crippen LogP contribution < -0.4 is 10.5 Å². The molecule has 0 saturated heterocycles. The summed E-state index contributed by atoms with van der Waals surface area (Å²) in [6.07, 6.45) is 0. The van der Waals surface area contributed by atoms with Crippen LogP contribution in [-0.4, -0.2) is 0 Å². The van der Waals surface area contributed by atoms with Crippen molar-refractivity contribution in [3.05, 3.63) is 52.6 Å². The minimum absolute atomic E-state index is 0.791. The molecule has 2 heteroatoms. The van der Waals surface area contributed by atoms with Crippen LogP contribution in [0.4, 0.5) is 5.69 Å². The van der Waals surface area contributed by atoms with Gasteiger partial charge in [0, 0.05) is 5.69 Å². The summed E-state index contributed by atoms with van der Waals surface area (Å²) < 4.78 is 5.93. The maximum absolute atomic E-state index is 5.93. The Hall–Kier alpha value is -1.96. The van der Waals surface area contributed by atoms with Crippen molar-refractivity contribution in [2.75, 3.05) is 5.73 Å². The largest absolute Gasteiger partial charge is 0.457 e. The van der Waals surface area contributed by atoms with Crippen molar-refractivity contribution >= 4 is 5.69 Å². The summed E-state index contributed by atoms with van der Waals surface area (Å²) >= 11 is 0. The van der Waals surface area contributed by atoms with Crippen LogP contribution in [0.25, 0.3) is 0 Å². The third-order valence-corrected chi connectivity index (χ3v) is 3.26. The Morgan fingerprint density at radius 2 is 1.44 bits per heavy atom. The van der Waals surface area contributed by atoms with Gasteiger partial charge in [-0.2, -0.15) is 0 Å². The normalized spacial score (nSPS) is 10.4. The topological polar surface area (TPSA) is 35.2 Å². The van der Waals surface area contributed by atoms with Crippen molar-refractivity contribution in [2.24, 2.45) is 0 Å². The summed E-state index contributed by atoms with van der Waals surface area (Å²) in [5, 5.41) is 0. The first kappa shape index (κ1) is 12.5. The molecule has 0 heterocycles. The van der Waals surface area contributed by atoms with Gasteiger partial charge in [-0.25, -0.2) is 0 Å². The summed E-state index contributed by atoms with van der Waals surface area (Å²) in [4.78, 5) is 0. The number of ether oxygens (including phenoxy) is 1. The number of benzene rings is 2. The van der Waals surface area contributed by atoms with E-state index >= 15 is 0 Å². The van der Waals surface area contributed by atoms with E-state index in [0.29, 0.717) is 0 Å². The van der Waals surface area contributed by atoms with Crippen LogP contribution in [0.2, 0.25) is 0 Å². The zero-order valence-corrected chi connectivity index (χ0v) is 11.4. The summed E-state index contributed by atoms with van der Waals surface area (Å²) in [5.74, 6) is 1.73. The molecule has 0 radical (unpaired) electrons. The molecule has 0 aromatic heterocycles. The fraction of sp³-hybridized carbons (Fsp3) is 0.250. The van der Waals surface area contributed by atoms with Crippen molar-refractivity contribution < 1.29 is 4.74 Å². The molecule has 18 heavy (non-hydrogen) atoms. The lowest BCUT2D eigenvalue weighted by Gasteiger charge is -2.12. The maximum atomic E-state index is 5.93. The molecule has 2 rings (SSSR count). The summed E-state index contributed by atoms with van der Waals surface area (Å²) in [6, 6.07) is 9.97. The summed E-state index contributed by atoms with van der Waals surface area (Å²) in [5.41, 5.74) is 11.3. The molecule has 0 atom stereocenters. The fourth-order valence-electron chi connectivity index (χ4n) is 1.88. The molecule has 2 nitrogen and oxygen atoms in total. The van der Waals surface area contributed by atoms with Gasteiger partial charge in [-0.05, 0) is 74.2 Å². The van der Waals surface area contributed by atoms with Crippen molar-refractivity contribution in [2.45, 2.75) is 27.7 Å². The van der Waals surface area contributed by atoms with Crippen molar-refractivity contribution in [3.63, 3.8) is 0 Å². The Labute approximate surface area is 108 Å². The molecule has 0 bridgehead atoms. The zero-order chi connectivity index (χ0) is 13.3. The SMILES string of the molecule is Cc1cc(C)c(Oc2ccc(N)c(C)c2)cc1C. The van der Waals surface area contributed by atoms with Crippen LogP contribution >= 0.6 is 0 Å². The highest BCUT2D eigenvalue weighted by atomic mass is 16.5. The van der Waals surface area contributed by atoms with E-state index < -0.39 is 0 Å². The van der Waals surface area contributed by atoms with E-state index in [4.69, 9.17) is 10.5 Å². The van der Waals surface area contributed by atoms with E-state index in [2.05, 4.69) is 32.9 Å². The Kier molecular flexibility index (Phi) is 3.28. The molecule has 0 aliphatic heterocycles. The highest BCUT2D eigenvalue weighted by Crippen LogP contribution is 2.29. The number of anilines is 1. The quantitative estimate of drug-likeness (QED) is 0.796. The second kappa shape index (κ2) is 4.73. The Balaban J connectivity index is 2.34.